The van der Waals surface area contributed by atoms with E-state index in [4.69, 9.17) is 14.2 Å². The van der Waals surface area contributed by atoms with E-state index in [1.54, 1.807) is 6.07 Å². The van der Waals surface area contributed by atoms with Crippen LogP contribution < -0.4 is 9.47 Å². The summed E-state index contributed by atoms with van der Waals surface area (Å²) in [6.07, 6.45) is 0. The van der Waals surface area contributed by atoms with E-state index in [0.717, 1.165) is 32.9 Å². The summed E-state index contributed by atoms with van der Waals surface area (Å²) in [7, 11) is 1.39. The lowest BCUT2D eigenvalue weighted by Gasteiger charge is -2.20. The second-order valence-electron chi connectivity index (χ2n) is 7.42. The fraction of sp³-hybridized carbons (Fsp3) is 0.0385. The zero-order valence-electron chi connectivity index (χ0n) is 16.6. The Morgan fingerprint density at radius 2 is 1.42 bits per heavy atom. The van der Waals surface area contributed by atoms with Gasteiger partial charge < -0.3 is 19.2 Å². The summed E-state index contributed by atoms with van der Waals surface area (Å²) in [5.74, 6) is 2.39. The van der Waals surface area contributed by atoms with Gasteiger partial charge in [-0.15, -0.1) is 0 Å². The van der Waals surface area contributed by atoms with Crippen molar-refractivity contribution < 1.29 is 19.0 Å². The van der Waals surface area contributed by atoms with Gasteiger partial charge in [-0.25, -0.2) is 4.79 Å². The van der Waals surface area contributed by atoms with Gasteiger partial charge in [0, 0.05) is 22.4 Å². The highest BCUT2D eigenvalue weighted by atomic mass is 16.6. The van der Waals surface area contributed by atoms with E-state index in [9.17, 15) is 4.79 Å². The van der Waals surface area contributed by atoms with Crippen molar-refractivity contribution in [2.45, 2.75) is 0 Å². The first kappa shape index (κ1) is 17.6. The molecule has 5 heteroatoms. The van der Waals surface area contributed by atoms with Crippen molar-refractivity contribution in [1.29, 1.82) is 0 Å². The van der Waals surface area contributed by atoms with Crippen molar-refractivity contribution in [1.82, 2.24) is 4.98 Å². The highest BCUT2D eigenvalue weighted by Gasteiger charge is 2.21. The monoisotopic (exact) mass is 407 g/mol. The molecule has 0 fully saturated rings. The summed E-state index contributed by atoms with van der Waals surface area (Å²) in [4.78, 5) is 15.7. The molecule has 4 aromatic carbocycles. The number of esters is 1. The maximum atomic E-state index is 12.2. The number of carbonyl (C=O) groups excluding carboxylic acids is 1. The number of ether oxygens (including phenoxy) is 3. The number of para-hydroxylation sites is 2. The Morgan fingerprint density at radius 1 is 0.742 bits per heavy atom. The standard InChI is InChI=1S/C26H17NO4/c1-29-26(28)17-7-3-2-6-16(17)15-10-11-20-18(12-15)19-13-24-25(14-21(19)27-20)31-23-9-5-4-8-22(23)30-24/h2-14,27H,1H3. The van der Waals surface area contributed by atoms with Crippen molar-refractivity contribution in [3.8, 4) is 34.1 Å². The topological polar surface area (TPSA) is 60.6 Å². The minimum atomic E-state index is -0.354. The average molecular weight is 407 g/mol. The molecule has 5 nitrogen and oxygen atoms in total. The predicted octanol–water partition coefficient (Wildman–Crippen LogP) is 6.67. The Morgan fingerprint density at radius 3 is 2.19 bits per heavy atom. The number of aromatic amines is 1. The Labute approximate surface area is 177 Å². The maximum absolute atomic E-state index is 12.2. The molecular weight excluding hydrogens is 390 g/mol. The van der Waals surface area contributed by atoms with Gasteiger partial charge >= 0.3 is 5.97 Å². The van der Waals surface area contributed by atoms with E-state index in [0.29, 0.717) is 28.6 Å². The number of aromatic nitrogens is 1. The first-order valence-corrected chi connectivity index (χ1v) is 9.93. The fourth-order valence-corrected chi connectivity index (χ4v) is 4.11. The Bertz CT molecular complexity index is 1500. The van der Waals surface area contributed by atoms with Crippen molar-refractivity contribution >= 4 is 27.8 Å². The van der Waals surface area contributed by atoms with Crippen LogP contribution >= 0.6 is 0 Å². The number of benzene rings is 4. The van der Waals surface area contributed by atoms with Crippen LogP contribution in [0.1, 0.15) is 10.4 Å². The number of H-pyrrole nitrogens is 1. The van der Waals surface area contributed by atoms with E-state index in [1.165, 1.54) is 7.11 Å². The Hall–Kier alpha value is -4.25. The molecule has 31 heavy (non-hydrogen) atoms. The van der Waals surface area contributed by atoms with Gasteiger partial charge in [-0.3, -0.25) is 0 Å². The lowest BCUT2D eigenvalue weighted by molar-refractivity contribution is 0.0601. The van der Waals surface area contributed by atoms with Crippen LogP contribution in [0.5, 0.6) is 23.0 Å². The maximum Gasteiger partial charge on any atom is 0.338 e. The molecule has 0 saturated heterocycles. The lowest BCUT2D eigenvalue weighted by atomic mass is 9.98. The molecule has 6 rings (SSSR count). The minimum absolute atomic E-state index is 0.354. The molecule has 0 unspecified atom stereocenters. The van der Waals surface area contributed by atoms with Gasteiger partial charge in [-0.2, -0.15) is 0 Å². The van der Waals surface area contributed by atoms with Gasteiger partial charge in [0.05, 0.1) is 18.2 Å². The van der Waals surface area contributed by atoms with Gasteiger partial charge in [-0.1, -0.05) is 36.4 Å². The van der Waals surface area contributed by atoms with Crippen LogP contribution in [0.3, 0.4) is 0 Å². The number of fused-ring (bicyclic) bond motifs is 5. The zero-order valence-corrected chi connectivity index (χ0v) is 16.6. The van der Waals surface area contributed by atoms with Crippen LogP contribution in [-0.4, -0.2) is 18.1 Å². The molecule has 2 heterocycles. The number of methoxy groups -OCH3 is 1. The summed E-state index contributed by atoms with van der Waals surface area (Å²) in [6, 6.07) is 25.1. The van der Waals surface area contributed by atoms with Crippen molar-refractivity contribution in [2.24, 2.45) is 0 Å². The van der Waals surface area contributed by atoms with E-state index in [-0.39, 0.29) is 5.97 Å². The largest absolute Gasteiger partial charge is 0.465 e. The summed E-state index contributed by atoms with van der Waals surface area (Å²) in [6.45, 7) is 0. The molecule has 0 bridgehead atoms. The number of carbonyl (C=O) groups is 1. The molecule has 0 atom stereocenters. The number of rotatable bonds is 2. The minimum Gasteiger partial charge on any atom is -0.465 e. The van der Waals surface area contributed by atoms with E-state index in [1.807, 2.05) is 66.7 Å². The van der Waals surface area contributed by atoms with E-state index < -0.39 is 0 Å². The van der Waals surface area contributed by atoms with E-state index in [2.05, 4.69) is 11.1 Å². The molecular formula is C26H17NO4. The van der Waals surface area contributed by atoms with E-state index >= 15 is 0 Å². The van der Waals surface area contributed by atoms with Gasteiger partial charge in [0.15, 0.2) is 23.0 Å². The average Bonchev–Trinajstić information content (AvgIpc) is 3.17. The molecule has 0 amide bonds. The van der Waals surface area contributed by atoms with Crippen molar-refractivity contribution in [3.63, 3.8) is 0 Å². The first-order valence-electron chi connectivity index (χ1n) is 9.93. The fourth-order valence-electron chi connectivity index (χ4n) is 4.11. The summed E-state index contributed by atoms with van der Waals surface area (Å²) in [5, 5.41) is 2.06. The second kappa shape index (κ2) is 6.64. The first-order chi connectivity index (χ1) is 15.2. The number of hydrogen-bond donors (Lipinski definition) is 1. The Balaban J connectivity index is 1.52. The lowest BCUT2D eigenvalue weighted by Crippen LogP contribution is -2.03. The van der Waals surface area contributed by atoms with Crippen LogP contribution in [0.15, 0.2) is 78.9 Å². The molecule has 0 spiro atoms. The zero-order chi connectivity index (χ0) is 20.9. The number of nitrogens with one attached hydrogen (secondary N) is 1. The highest BCUT2D eigenvalue weighted by Crippen LogP contribution is 2.47. The quantitative estimate of drug-likeness (QED) is 0.326. The SMILES string of the molecule is COC(=O)c1ccccc1-c1ccc2[nH]c3cc4c(cc3c2c1)Oc1ccccc1O4. The second-order valence-corrected chi connectivity index (χ2v) is 7.42. The Kier molecular flexibility index (Phi) is 3.77. The van der Waals surface area contributed by atoms with Gasteiger partial charge in [0.2, 0.25) is 0 Å². The predicted molar refractivity (Wildman–Crippen MR) is 119 cm³/mol. The molecule has 0 radical (unpaired) electrons. The number of hydrogen-bond acceptors (Lipinski definition) is 4. The van der Waals surface area contributed by atoms with Gasteiger partial charge in [0.1, 0.15) is 0 Å². The summed E-state index contributed by atoms with van der Waals surface area (Å²) in [5.41, 5.74) is 4.26. The molecule has 1 aromatic heterocycles. The molecule has 5 aromatic rings. The van der Waals surface area contributed by atoms with Crippen molar-refractivity contribution in [3.05, 3.63) is 84.4 Å². The van der Waals surface area contributed by atoms with Crippen LogP contribution in [0.25, 0.3) is 32.9 Å². The van der Waals surface area contributed by atoms with Crippen LogP contribution in [0.4, 0.5) is 0 Å². The molecule has 0 aliphatic carbocycles. The third kappa shape index (κ3) is 2.74. The van der Waals surface area contributed by atoms with Crippen LogP contribution in [-0.2, 0) is 4.74 Å². The summed E-state index contributed by atoms with van der Waals surface area (Å²) >= 11 is 0. The third-order valence-corrected chi connectivity index (χ3v) is 5.60. The summed E-state index contributed by atoms with van der Waals surface area (Å²) < 4.78 is 17.1. The van der Waals surface area contributed by atoms with Crippen molar-refractivity contribution in [2.75, 3.05) is 7.11 Å². The highest BCUT2D eigenvalue weighted by molar-refractivity contribution is 6.10. The molecule has 150 valence electrons. The third-order valence-electron chi connectivity index (χ3n) is 5.60. The van der Waals surface area contributed by atoms with Gasteiger partial charge in [-0.05, 0) is 47.5 Å². The molecule has 1 N–H and O–H groups in total. The normalized spacial score (nSPS) is 12.0. The smallest absolute Gasteiger partial charge is 0.338 e. The molecule has 0 saturated carbocycles. The molecule has 1 aliphatic heterocycles. The van der Waals surface area contributed by atoms with Crippen LogP contribution in [0.2, 0.25) is 0 Å². The molecule has 1 aliphatic rings. The van der Waals surface area contributed by atoms with Crippen LogP contribution in [0, 0.1) is 0 Å². The van der Waals surface area contributed by atoms with Gasteiger partial charge in [0.25, 0.3) is 0 Å².